The van der Waals surface area contributed by atoms with Crippen LogP contribution in [0.4, 0.5) is 0 Å². The summed E-state index contributed by atoms with van der Waals surface area (Å²) in [6.07, 6.45) is 62.6. The average molecular weight is 918 g/mol. The number of esters is 3. The van der Waals surface area contributed by atoms with Gasteiger partial charge in [-0.3, -0.25) is 14.4 Å². The fraction of sp³-hybridized carbons (Fsp3) is 0.915. The lowest BCUT2D eigenvalue weighted by Gasteiger charge is -2.18. The number of unbranched alkanes of at least 4 members (excludes halogenated alkanes) is 41. The molecule has 0 bridgehead atoms. The van der Waals surface area contributed by atoms with Crippen LogP contribution in [0.25, 0.3) is 0 Å². The Morgan fingerprint density at radius 3 is 0.785 bits per heavy atom. The fourth-order valence-electron chi connectivity index (χ4n) is 8.85. The summed E-state index contributed by atoms with van der Waals surface area (Å²) in [5, 5.41) is 0. The van der Waals surface area contributed by atoms with E-state index in [9.17, 15) is 14.4 Å². The van der Waals surface area contributed by atoms with Crippen LogP contribution >= 0.6 is 0 Å². The first kappa shape index (κ1) is 63.1. The number of hydrogen-bond acceptors (Lipinski definition) is 6. The Balaban J connectivity index is 3.95. The van der Waals surface area contributed by atoms with E-state index in [2.05, 4.69) is 32.9 Å². The molecule has 0 saturated heterocycles. The fourth-order valence-corrected chi connectivity index (χ4v) is 8.85. The zero-order valence-electron chi connectivity index (χ0n) is 44.0. The topological polar surface area (TPSA) is 78.9 Å². The van der Waals surface area contributed by atoms with Crippen LogP contribution < -0.4 is 0 Å². The largest absolute Gasteiger partial charge is 0.462 e. The molecule has 0 aliphatic carbocycles. The summed E-state index contributed by atoms with van der Waals surface area (Å²) in [5.74, 6) is -0.870. The van der Waals surface area contributed by atoms with Crippen LogP contribution in [0.3, 0.4) is 0 Å². The molecule has 0 spiro atoms. The molecule has 0 aromatic carbocycles. The standard InChI is InChI=1S/C59H112O6/c1-4-7-10-13-16-18-20-22-23-24-25-26-27-28-29-30-31-32-33-34-35-36-38-39-41-43-46-49-52-58(61)64-55-56(54-63-57(60)51-48-45-15-12-9-6-3)65-59(62)53-50-47-44-42-40-37-21-19-17-14-11-8-5-2/h19,21,56H,4-18,20,22-55H2,1-3H3/b21-19-. The highest BCUT2D eigenvalue weighted by Crippen LogP contribution is 2.18. The van der Waals surface area contributed by atoms with Crippen LogP contribution in [0.15, 0.2) is 12.2 Å². The summed E-state index contributed by atoms with van der Waals surface area (Å²) < 4.78 is 16.7. The van der Waals surface area contributed by atoms with Gasteiger partial charge >= 0.3 is 17.9 Å². The normalized spacial score (nSPS) is 12.0. The van der Waals surface area contributed by atoms with E-state index < -0.39 is 6.10 Å². The summed E-state index contributed by atoms with van der Waals surface area (Å²) in [6, 6.07) is 0. The van der Waals surface area contributed by atoms with Gasteiger partial charge in [-0.15, -0.1) is 0 Å². The van der Waals surface area contributed by atoms with Crippen molar-refractivity contribution < 1.29 is 28.6 Å². The monoisotopic (exact) mass is 917 g/mol. The van der Waals surface area contributed by atoms with Gasteiger partial charge in [-0.1, -0.05) is 277 Å². The van der Waals surface area contributed by atoms with Crippen LogP contribution in [0.1, 0.15) is 329 Å². The Bertz CT molecular complexity index is 1010. The Morgan fingerprint density at radius 2 is 0.508 bits per heavy atom. The minimum absolute atomic E-state index is 0.0689. The van der Waals surface area contributed by atoms with Gasteiger partial charge in [-0.05, 0) is 44.9 Å². The third-order valence-electron chi connectivity index (χ3n) is 13.3. The van der Waals surface area contributed by atoms with E-state index in [1.807, 2.05) is 0 Å². The zero-order valence-corrected chi connectivity index (χ0v) is 44.0. The van der Waals surface area contributed by atoms with Crippen LogP contribution in [0.5, 0.6) is 0 Å². The summed E-state index contributed by atoms with van der Waals surface area (Å²) in [4.78, 5) is 37.8. The molecule has 0 rings (SSSR count). The van der Waals surface area contributed by atoms with E-state index in [-0.39, 0.29) is 31.1 Å². The lowest BCUT2D eigenvalue weighted by molar-refractivity contribution is -0.167. The Labute approximate surface area is 405 Å². The molecule has 0 fully saturated rings. The molecule has 1 atom stereocenters. The first-order valence-electron chi connectivity index (χ1n) is 29.2. The molecule has 6 nitrogen and oxygen atoms in total. The van der Waals surface area contributed by atoms with Crippen molar-refractivity contribution in [2.75, 3.05) is 13.2 Å². The molecule has 0 aromatic rings. The maximum atomic E-state index is 12.7. The second-order valence-corrected chi connectivity index (χ2v) is 19.9. The first-order valence-corrected chi connectivity index (χ1v) is 29.2. The van der Waals surface area contributed by atoms with Crippen molar-refractivity contribution >= 4 is 17.9 Å². The van der Waals surface area contributed by atoms with Crippen molar-refractivity contribution in [1.29, 1.82) is 0 Å². The van der Waals surface area contributed by atoms with Gasteiger partial charge in [-0.2, -0.15) is 0 Å². The second kappa shape index (κ2) is 54.8. The van der Waals surface area contributed by atoms with Crippen LogP contribution in [0, 0.1) is 0 Å². The van der Waals surface area contributed by atoms with Gasteiger partial charge in [0, 0.05) is 19.3 Å². The SMILES string of the molecule is CCCCCC/C=C\CCCCCCCC(=O)OC(COC(=O)CCCCCCCC)COC(=O)CCCCCCCCCCCCCCCCCCCCCCCCCCCCCC. The van der Waals surface area contributed by atoms with Crippen molar-refractivity contribution in [3.8, 4) is 0 Å². The van der Waals surface area contributed by atoms with Gasteiger partial charge in [-0.25, -0.2) is 0 Å². The molecule has 384 valence electrons. The maximum Gasteiger partial charge on any atom is 0.306 e. The van der Waals surface area contributed by atoms with E-state index in [0.29, 0.717) is 19.3 Å². The molecule has 0 aromatic heterocycles. The molecule has 1 unspecified atom stereocenters. The highest BCUT2D eigenvalue weighted by Gasteiger charge is 2.19. The van der Waals surface area contributed by atoms with Crippen LogP contribution in [-0.4, -0.2) is 37.2 Å². The van der Waals surface area contributed by atoms with Gasteiger partial charge in [0.1, 0.15) is 13.2 Å². The molecular weight excluding hydrogens is 805 g/mol. The smallest absolute Gasteiger partial charge is 0.306 e. The molecule has 0 amide bonds. The summed E-state index contributed by atoms with van der Waals surface area (Å²) >= 11 is 0. The van der Waals surface area contributed by atoms with Crippen molar-refractivity contribution in [2.24, 2.45) is 0 Å². The maximum absolute atomic E-state index is 12.7. The van der Waals surface area contributed by atoms with Gasteiger partial charge in [0.15, 0.2) is 6.10 Å². The molecule has 0 saturated carbocycles. The van der Waals surface area contributed by atoms with Crippen LogP contribution in [-0.2, 0) is 28.6 Å². The second-order valence-electron chi connectivity index (χ2n) is 19.9. The summed E-state index contributed by atoms with van der Waals surface area (Å²) in [7, 11) is 0. The molecule has 0 heterocycles. The number of rotatable bonds is 54. The number of carbonyl (C=O) groups is 3. The quantitative estimate of drug-likeness (QED) is 0.0262. The Kier molecular flexibility index (Phi) is 53.2. The van der Waals surface area contributed by atoms with Crippen molar-refractivity contribution in [2.45, 2.75) is 335 Å². The predicted octanol–water partition coefficient (Wildman–Crippen LogP) is 19.3. The third kappa shape index (κ3) is 53.0. The first-order chi connectivity index (χ1) is 32.0. The molecule has 6 heteroatoms. The van der Waals surface area contributed by atoms with Gasteiger partial charge in [0.25, 0.3) is 0 Å². The van der Waals surface area contributed by atoms with Gasteiger partial charge in [0.05, 0.1) is 0 Å². The number of ether oxygens (including phenoxy) is 3. The lowest BCUT2D eigenvalue weighted by atomic mass is 10.0. The van der Waals surface area contributed by atoms with E-state index in [0.717, 1.165) is 64.2 Å². The Hall–Kier alpha value is -1.85. The van der Waals surface area contributed by atoms with Gasteiger partial charge in [0.2, 0.25) is 0 Å². The highest BCUT2D eigenvalue weighted by atomic mass is 16.6. The van der Waals surface area contributed by atoms with Crippen molar-refractivity contribution in [1.82, 2.24) is 0 Å². The minimum atomic E-state index is -0.766. The molecule has 0 aliphatic rings. The molecule has 0 radical (unpaired) electrons. The zero-order chi connectivity index (χ0) is 47.2. The Morgan fingerprint density at radius 1 is 0.292 bits per heavy atom. The molecular formula is C59H112O6. The third-order valence-corrected chi connectivity index (χ3v) is 13.3. The molecule has 65 heavy (non-hydrogen) atoms. The number of carbonyl (C=O) groups excluding carboxylic acids is 3. The minimum Gasteiger partial charge on any atom is -0.462 e. The highest BCUT2D eigenvalue weighted by molar-refractivity contribution is 5.71. The van der Waals surface area contributed by atoms with E-state index in [4.69, 9.17) is 14.2 Å². The van der Waals surface area contributed by atoms with E-state index >= 15 is 0 Å². The van der Waals surface area contributed by atoms with Crippen molar-refractivity contribution in [3.05, 3.63) is 12.2 Å². The average Bonchev–Trinajstić information content (AvgIpc) is 3.30. The number of allylic oxidation sites excluding steroid dienone is 2. The summed E-state index contributed by atoms with van der Waals surface area (Å²) in [6.45, 7) is 6.60. The molecule has 0 aliphatic heterocycles. The number of hydrogen-bond donors (Lipinski definition) is 0. The van der Waals surface area contributed by atoms with Gasteiger partial charge < -0.3 is 14.2 Å². The predicted molar refractivity (Wildman–Crippen MR) is 280 cm³/mol. The lowest BCUT2D eigenvalue weighted by Crippen LogP contribution is -2.30. The van der Waals surface area contributed by atoms with E-state index in [1.165, 1.54) is 225 Å². The van der Waals surface area contributed by atoms with Crippen LogP contribution in [0.2, 0.25) is 0 Å². The molecule has 0 N–H and O–H groups in total. The van der Waals surface area contributed by atoms with Crippen molar-refractivity contribution in [3.63, 3.8) is 0 Å². The van der Waals surface area contributed by atoms with E-state index in [1.54, 1.807) is 0 Å². The summed E-state index contributed by atoms with van der Waals surface area (Å²) in [5.41, 5.74) is 0.